The maximum absolute atomic E-state index is 14.4. The van der Waals surface area contributed by atoms with Crippen LogP contribution in [0.3, 0.4) is 0 Å². The van der Waals surface area contributed by atoms with Crippen LogP contribution in [0.25, 0.3) is 0 Å². The molecular formula is C34H43N3O5S. The van der Waals surface area contributed by atoms with Crippen LogP contribution in [0.1, 0.15) is 55.7 Å². The fraction of sp³-hybridized carbons (Fsp3) is 0.412. The number of hydrogen-bond donors (Lipinski definition) is 1. The van der Waals surface area contributed by atoms with Gasteiger partial charge in [0.1, 0.15) is 18.3 Å². The van der Waals surface area contributed by atoms with Crippen molar-refractivity contribution in [1.29, 1.82) is 0 Å². The topological polar surface area (TPSA) is 96.0 Å². The van der Waals surface area contributed by atoms with Crippen molar-refractivity contribution < 1.29 is 22.7 Å². The van der Waals surface area contributed by atoms with Gasteiger partial charge in [-0.05, 0) is 55.5 Å². The number of ether oxygens (including phenoxy) is 1. The monoisotopic (exact) mass is 605 g/mol. The predicted molar refractivity (Wildman–Crippen MR) is 170 cm³/mol. The largest absolute Gasteiger partial charge is 0.492 e. The smallest absolute Gasteiger partial charge is 0.244 e. The number of amides is 2. The summed E-state index contributed by atoms with van der Waals surface area (Å²) in [7, 11) is -3.89. The van der Waals surface area contributed by atoms with Crippen molar-refractivity contribution in [2.75, 3.05) is 23.7 Å². The molecule has 1 N–H and O–H groups in total. The number of carbonyl (C=O) groups excluding carboxylic acids is 2. The number of hydrogen-bond acceptors (Lipinski definition) is 5. The molecule has 0 aliphatic heterocycles. The van der Waals surface area contributed by atoms with Gasteiger partial charge in [0, 0.05) is 19.0 Å². The summed E-state index contributed by atoms with van der Waals surface area (Å²) in [6.45, 7) is 3.80. The Hall–Kier alpha value is -3.85. The molecular weight excluding hydrogens is 562 g/mol. The van der Waals surface area contributed by atoms with Crippen molar-refractivity contribution in [2.45, 2.75) is 71.0 Å². The number of nitrogens with one attached hydrogen (secondary N) is 1. The molecule has 3 aromatic rings. The first kappa shape index (κ1) is 32.1. The zero-order valence-corrected chi connectivity index (χ0v) is 26.2. The van der Waals surface area contributed by atoms with Crippen LogP contribution in [-0.2, 0) is 32.6 Å². The Kier molecular flexibility index (Phi) is 11.2. The first-order chi connectivity index (χ1) is 20.7. The Labute approximate surface area is 256 Å². The molecule has 0 saturated heterocycles. The normalized spacial score (nSPS) is 14.5. The Balaban J connectivity index is 1.75. The van der Waals surface area contributed by atoms with Crippen LogP contribution in [-0.4, -0.2) is 56.6 Å². The van der Waals surface area contributed by atoms with Gasteiger partial charge in [0.05, 0.1) is 18.6 Å². The van der Waals surface area contributed by atoms with Gasteiger partial charge in [0.2, 0.25) is 21.8 Å². The minimum atomic E-state index is -3.89. The molecule has 1 aliphatic rings. The van der Waals surface area contributed by atoms with Crippen molar-refractivity contribution in [3.05, 3.63) is 95.6 Å². The summed E-state index contributed by atoms with van der Waals surface area (Å²) >= 11 is 0. The maximum atomic E-state index is 14.4. The van der Waals surface area contributed by atoms with E-state index in [2.05, 4.69) is 5.32 Å². The van der Waals surface area contributed by atoms with Gasteiger partial charge in [-0.15, -0.1) is 0 Å². The molecule has 230 valence electrons. The van der Waals surface area contributed by atoms with E-state index in [1.165, 1.54) is 0 Å². The zero-order valence-electron chi connectivity index (χ0n) is 25.4. The second kappa shape index (κ2) is 15.0. The third-order valence-electron chi connectivity index (χ3n) is 7.94. The summed E-state index contributed by atoms with van der Waals surface area (Å²) in [5, 5.41) is 3.23. The molecule has 3 aromatic carbocycles. The molecule has 43 heavy (non-hydrogen) atoms. The first-order valence-electron chi connectivity index (χ1n) is 15.0. The first-order valence-corrected chi connectivity index (χ1v) is 16.9. The number of aryl methyl sites for hydroxylation is 1. The van der Waals surface area contributed by atoms with Crippen LogP contribution in [0.4, 0.5) is 5.69 Å². The number of benzene rings is 3. The van der Waals surface area contributed by atoms with E-state index >= 15 is 0 Å². The number of anilines is 1. The Bertz CT molecular complexity index is 1470. The van der Waals surface area contributed by atoms with Crippen LogP contribution in [0.5, 0.6) is 5.75 Å². The number of para-hydroxylation sites is 2. The summed E-state index contributed by atoms with van der Waals surface area (Å²) in [6, 6.07) is 23.3. The molecule has 0 radical (unpaired) electrons. The Morgan fingerprint density at radius 3 is 2.26 bits per heavy atom. The second-order valence-electron chi connectivity index (χ2n) is 11.2. The van der Waals surface area contributed by atoms with Crippen LogP contribution < -0.4 is 14.4 Å². The lowest BCUT2D eigenvalue weighted by Crippen LogP contribution is -2.55. The molecule has 1 fully saturated rings. The number of sulfonamides is 1. The molecule has 0 heterocycles. The highest BCUT2D eigenvalue weighted by Crippen LogP contribution is 2.30. The van der Waals surface area contributed by atoms with Gasteiger partial charge in [-0.3, -0.25) is 13.9 Å². The average molecular weight is 606 g/mol. The molecule has 0 unspecified atom stereocenters. The molecule has 0 bridgehead atoms. The Morgan fingerprint density at radius 2 is 1.58 bits per heavy atom. The lowest BCUT2D eigenvalue weighted by Gasteiger charge is -2.35. The van der Waals surface area contributed by atoms with Crippen LogP contribution in [0.2, 0.25) is 0 Å². The predicted octanol–water partition coefficient (Wildman–Crippen LogP) is 5.25. The number of carbonyl (C=O) groups is 2. The van der Waals surface area contributed by atoms with Gasteiger partial charge in [-0.25, -0.2) is 8.42 Å². The molecule has 0 spiro atoms. The van der Waals surface area contributed by atoms with Crippen molar-refractivity contribution in [2.24, 2.45) is 0 Å². The summed E-state index contributed by atoms with van der Waals surface area (Å²) in [4.78, 5) is 30.0. The van der Waals surface area contributed by atoms with Crippen LogP contribution in [0, 0.1) is 6.92 Å². The van der Waals surface area contributed by atoms with Gasteiger partial charge >= 0.3 is 0 Å². The number of rotatable bonds is 13. The van der Waals surface area contributed by atoms with Gasteiger partial charge in [0.25, 0.3) is 0 Å². The highest BCUT2D eigenvalue weighted by Gasteiger charge is 2.34. The Morgan fingerprint density at radius 1 is 0.930 bits per heavy atom. The minimum absolute atomic E-state index is 0.0560. The van der Waals surface area contributed by atoms with Crippen molar-refractivity contribution in [3.63, 3.8) is 0 Å². The lowest BCUT2D eigenvalue weighted by atomic mass is 9.94. The third-order valence-corrected chi connectivity index (χ3v) is 9.06. The van der Waals surface area contributed by atoms with Gasteiger partial charge < -0.3 is 15.0 Å². The van der Waals surface area contributed by atoms with E-state index in [0.717, 1.165) is 59.4 Å². The van der Waals surface area contributed by atoms with E-state index in [4.69, 9.17) is 4.74 Å². The van der Waals surface area contributed by atoms with Crippen molar-refractivity contribution >= 4 is 27.5 Å². The van der Waals surface area contributed by atoms with E-state index in [9.17, 15) is 18.0 Å². The van der Waals surface area contributed by atoms with E-state index in [1.54, 1.807) is 29.2 Å². The maximum Gasteiger partial charge on any atom is 0.244 e. The van der Waals surface area contributed by atoms with Gasteiger partial charge in [0.15, 0.2) is 0 Å². The minimum Gasteiger partial charge on any atom is -0.492 e. The summed E-state index contributed by atoms with van der Waals surface area (Å²) in [5.74, 6) is -0.331. The highest BCUT2D eigenvalue weighted by molar-refractivity contribution is 7.92. The SMILES string of the molecule is CCOc1ccccc1N(CC(=O)N(Cc1ccccc1C)[C@@H](Cc1ccccc1)C(=O)NC1CCCCC1)S(C)(=O)=O. The fourth-order valence-corrected chi connectivity index (χ4v) is 6.46. The highest BCUT2D eigenvalue weighted by atomic mass is 32.2. The van der Waals surface area contributed by atoms with Crippen molar-refractivity contribution in [3.8, 4) is 5.75 Å². The molecule has 8 nitrogen and oxygen atoms in total. The molecule has 1 atom stereocenters. The molecule has 0 aromatic heterocycles. The molecule has 1 saturated carbocycles. The summed E-state index contributed by atoms with van der Waals surface area (Å²) in [6.07, 6.45) is 6.46. The van der Waals surface area contributed by atoms with E-state index in [-0.39, 0.29) is 24.2 Å². The summed E-state index contributed by atoms with van der Waals surface area (Å²) < 4.78 is 33.1. The third kappa shape index (κ3) is 8.83. The van der Waals surface area contributed by atoms with Crippen molar-refractivity contribution in [1.82, 2.24) is 10.2 Å². The standard InChI is InChI=1S/C34H43N3O5S/c1-4-42-32-22-14-13-21-30(32)37(43(3,40)41)25-33(38)36(24-28-18-12-11-15-26(28)2)31(23-27-16-7-5-8-17-27)34(39)35-29-19-9-6-10-20-29/h5,7-8,11-18,21-22,29,31H,4,6,9-10,19-20,23-25H2,1-3H3,(H,35,39)/t31-/m0/s1. The average Bonchev–Trinajstić information content (AvgIpc) is 2.99. The fourth-order valence-electron chi connectivity index (χ4n) is 5.60. The van der Waals surface area contributed by atoms with E-state index in [1.807, 2.05) is 68.4 Å². The number of nitrogens with zero attached hydrogens (tertiary/aromatic N) is 2. The van der Waals surface area contributed by atoms with Gasteiger partial charge in [-0.1, -0.05) is 86.0 Å². The molecule has 1 aliphatic carbocycles. The van der Waals surface area contributed by atoms with E-state index in [0.29, 0.717) is 18.8 Å². The van der Waals surface area contributed by atoms with E-state index < -0.39 is 28.5 Å². The molecule has 9 heteroatoms. The van der Waals surface area contributed by atoms with Crippen LogP contribution in [0.15, 0.2) is 78.9 Å². The lowest BCUT2D eigenvalue weighted by molar-refractivity contribution is -0.140. The molecule has 4 rings (SSSR count). The van der Waals surface area contributed by atoms with Gasteiger partial charge in [-0.2, -0.15) is 0 Å². The summed E-state index contributed by atoms with van der Waals surface area (Å²) in [5.41, 5.74) is 3.06. The zero-order chi connectivity index (χ0) is 30.8. The quantitative estimate of drug-likeness (QED) is 0.287. The molecule has 2 amide bonds. The second-order valence-corrected chi connectivity index (χ2v) is 13.1. The van der Waals surface area contributed by atoms with Crippen LogP contribution >= 0.6 is 0 Å².